The second-order valence-corrected chi connectivity index (χ2v) is 12.2. The third-order valence-electron chi connectivity index (χ3n) is 7.95. The van der Waals surface area contributed by atoms with Crippen LogP contribution in [0.4, 0.5) is 22.7 Å². The second kappa shape index (κ2) is 14.5. The van der Waals surface area contributed by atoms with E-state index in [1.54, 1.807) is 89.3 Å². The van der Waals surface area contributed by atoms with Crippen LogP contribution in [-0.2, 0) is 33.0 Å². The number of amidine groups is 1. The van der Waals surface area contributed by atoms with Crippen molar-refractivity contribution in [1.29, 1.82) is 5.41 Å². The largest absolute Gasteiger partial charge is 0.388 e. The summed E-state index contributed by atoms with van der Waals surface area (Å²) in [5, 5.41) is 21.5. The van der Waals surface area contributed by atoms with E-state index in [-0.39, 0.29) is 41.1 Å². The minimum absolute atomic E-state index is 0.0371. The lowest BCUT2D eigenvalue weighted by Gasteiger charge is -2.06. The molecular weight excluding hydrogens is 678 g/mol. The quantitative estimate of drug-likeness (QED) is 0.0581. The van der Waals surface area contributed by atoms with Crippen molar-refractivity contribution in [2.45, 2.75) is 6.42 Å². The number of anilines is 4. The highest BCUT2D eigenvalue weighted by molar-refractivity contribution is 6.43. The molecule has 0 bridgehead atoms. The number of aromatic nitrogens is 4. The van der Waals surface area contributed by atoms with Gasteiger partial charge in [-0.2, -0.15) is 0 Å². The Bertz CT molecular complexity index is 2250. The summed E-state index contributed by atoms with van der Waals surface area (Å²) < 4.78 is 6.39. The van der Waals surface area contributed by atoms with Crippen LogP contribution in [0.2, 0.25) is 0 Å². The van der Waals surface area contributed by atoms with Gasteiger partial charge in [-0.3, -0.25) is 29.4 Å². The van der Waals surface area contributed by atoms with E-state index in [1.165, 1.54) is 18.2 Å². The van der Waals surface area contributed by atoms with Crippen molar-refractivity contribution in [3.05, 3.63) is 95.4 Å². The van der Waals surface area contributed by atoms with Crippen LogP contribution in [0.15, 0.2) is 72.7 Å². The molecule has 264 valence electrons. The maximum atomic E-state index is 13.3. The van der Waals surface area contributed by atoms with E-state index in [0.29, 0.717) is 39.5 Å². The molecule has 0 aliphatic carbocycles. The van der Waals surface area contributed by atoms with Crippen LogP contribution in [0.5, 0.6) is 0 Å². The van der Waals surface area contributed by atoms with Crippen LogP contribution in [0, 0.1) is 5.41 Å². The summed E-state index contributed by atoms with van der Waals surface area (Å²) in [6.07, 6.45) is 5.00. The second-order valence-electron chi connectivity index (χ2n) is 11.8. The highest BCUT2D eigenvalue weighted by atomic mass is 35.5. The minimum atomic E-state index is -0.531. The third kappa shape index (κ3) is 8.02. The molecular formula is C34H36ClN11O5. The van der Waals surface area contributed by atoms with E-state index >= 15 is 0 Å². The Morgan fingerprint density at radius 1 is 0.686 bits per heavy atom. The molecule has 4 aromatic heterocycles. The number of benzene rings is 1. The van der Waals surface area contributed by atoms with Gasteiger partial charge in [0.05, 0.1) is 27.9 Å². The summed E-state index contributed by atoms with van der Waals surface area (Å²) in [6.45, 7) is 3.62. The van der Waals surface area contributed by atoms with Gasteiger partial charge in [-0.05, 0) is 42.5 Å². The van der Waals surface area contributed by atoms with Crippen LogP contribution in [0.1, 0.15) is 48.4 Å². The SMILES string of the molecule is C=C(Cl)C(=O)Nc1ccc2c(c1)cc(C(=O)Nc1cc(C(=O)Nc3cc(C(=O)Nc4cc(C(=O)NCCC(=N)N)n(C)c4)n(C)c3)n(C)c1)n2C. The van der Waals surface area contributed by atoms with Gasteiger partial charge in [0.1, 0.15) is 22.8 Å². The maximum Gasteiger partial charge on any atom is 0.272 e. The summed E-state index contributed by atoms with van der Waals surface area (Å²) in [5.74, 6) is -2.30. The fourth-order valence-electron chi connectivity index (χ4n) is 5.41. The lowest BCUT2D eigenvalue weighted by Crippen LogP contribution is -2.28. The molecule has 17 heteroatoms. The fourth-order valence-corrected chi connectivity index (χ4v) is 5.45. The van der Waals surface area contributed by atoms with Crippen molar-refractivity contribution >= 4 is 80.6 Å². The maximum absolute atomic E-state index is 13.3. The molecule has 0 saturated heterocycles. The zero-order valence-corrected chi connectivity index (χ0v) is 28.9. The first-order valence-corrected chi connectivity index (χ1v) is 15.8. The molecule has 0 unspecified atom stereocenters. The van der Waals surface area contributed by atoms with Gasteiger partial charge in [-0.1, -0.05) is 18.2 Å². The Morgan fingerprint density at radius 2 is 1.16 bits per heavy atom. The number of hydrogen-bond donors (Lipinski definition) is 7. The normalized spacial score (nSPS) is 10.8. The van der Waals surface area contributed by atoms with Gasteiger partial charge in [-0.15, -0.1) is 0 Å². The first-order chi connectivity index (χ1) is 24.1. The summed E-state index contributed by atoms with van der Waals surface area (Å²) in [4.78, 5) is 64.1. The lowest BCUT2D eigenvalue weighted by atomic mass is 10.2. The zero-order chi connectivity index (χ0) is 37.1. The number of fused-ring (bicyclic) bond motifs is 1. The monoisotopic (exact) mass is 713 g/mol. The zero-order valence-electron chi connectivity index (χ0n) is 28.2. The van der Waals surface area contributed by atoms with Gasteiger partial charge in [0.15, 0.2) is 0 Å². The number of nitrogens with one attached hydrogen (secondary N) is 6. The molecule has 8 N–H and O–H groups in total. The van der Waals surface area contributed by atoms with E-state index < -0.39 is 23.6 Å². The molecule has 5 amide bonds. The van der Waals surface area contributed by atoms with Crippen LogP contribution in [0.3, 0.4) is 0 Å². The number of hydrogen-bond acceptors (Lipinski definition) is 6. The van der Waals surface area contributed by atoms with Gasteiger partial charge >= 0.3 is 0 Å². The molecule has 0 fully saturated rings. The summed E-state index contributed by atoms with van der Waals surface area (Å²) in [5.41, 5.74) is 8.86. The van der Waals surface area contributed by atoms with E-state index in [2.05, 4.69) is 33.2 Å². The number of rotatable bonds is 12. The van der Waals surface area contributed by atoms with Gasteiger partial charge in [-0.25, -0.2) is 0 Å². The average molecular weight is 714 g/mol. The van der Waals surface area contributed by atoms with E-state index in [0.717, 1.165) is 5.52 Å². The smallest absolute Gasteiger partial charge is 0.272 e. The first kappa shape index (κ1) is 35.7. The molecule has 4 heterocycles. The molecule has 0 saturated carbocycles. The topological polar surface area (TPSA) is 215 Å². The number of halogens is 1. The minimum Gasteiger partial charge on any atom is -0.388 e. The number of nitrogens with zero attached hydrogens (tertiary/aromatic N) is 4. The van der Waals surface area contributed by atoms with E-state index in [4.69, 9.17) is 22.7 Å². The van der Waals surface area contributed by atoms with Crippen molar-refractivity contribution in [3.63, 3.8) is 0 Å². The molecule has 51 heavy (non-hydrogen) atoms. The van der Waals surface area contributed by atoms with Crippen LogP contribution < -0.4 is 32.3 Å². The number of nitrogens with two attached hydrogens (primary N) is 1. The Kier molecular flexibility index (Phi) is 10.2. The van der Waals surface area contributed by atoms with Crippen LogP contribution in [-0.4, -0.2) is 60.2 Å². The van der Waals surface area contributed by atoms with Gasteiger partial charge in [0, 0.05) is 76.3 Å². The molecule has 16 nitrogen and oxygen atoms in total. The summed E-state index contributed by atoms with van der Waals surface area (Å²) in [6, 6.07) is 11.4. The first-order valence-electron chi connectivity index (χ1n) is 15.4. The van der Waals surface area contributed by atoms with E-state index in [9.17, 15) is 24.0 Å². The summed E-state index contributed by atoms with van der Waals surface area (Å²) >= 11 is 5.67. The molecule has 0 radical (unpaired) electrons. The van der Waals surface area contributed by atoms with Crippen molar-refractivity contribution in [1.82, 2.24) is 23.6 Å². The molecule has 0 atom stereocenters. The van der Waals surface area contributed by atoms with Gasteiger partial charge < -0.3 is 50.6 Å². The lowest BCUT2D eigenvalue weighted by molar-refractivity contribution is -0.112. The Morgan fingerprint density at radius 3 is 1.63 bits per heavy atom. The third-order valence-corrected chi connectivity index (χ3v) is 8.12. The molecule has 0 aliphatic heterocycles. The predicted molar refractivity (Wildman–Crippen MR) is 196 cm³/mol. The van der Waals surface area contributed by atoms with Gasteiger partial charge in [0.2, 0.25) is 0 Å². The van der Waals surface area contributed by atoms with Gasteiger partial charge in [0.25, 0.3) is 29.5 Å². The van der Waals surface area contributed by atoms with E-state index in [1.807, 2.05) is 0 Å². The molecule has 5 aromatic rings. The predicted octanol–water partition coefficient (Wildman–Crippen LogP) is 3.70. The van der Waals surface area contributed by atoms with Crippen molar-refractivity contribution < 1.29 is 24.0 Å². The number of aryl methyl sites for hydroxylation is 4. The number of carbonyl (C=O) groups is 5. The van der Waals surface area contributed by atoms with Crippen molar-refractivity contribution in [3.8, 4) is 0 Å². The molecule has 0 aliphatic rings. The Labute approximate surface area is 296 Å². The average Bonchev–Trinajstić information content (AvgIpc) is 3.80. The molecule has 1 aromatic carbocycles. The number of carbonyl (C=O) groups excluding carboxylic acids is 5. The Balaban J connectivity index is 1.22. The molecule has 0 spiro atoms. The molecule has 5 rings (SSSR count). The van der Waals surface area contributed by atoms with Crippen molar-refractivity contribution in [2.24, 2.45) is 33.9 Å². The highest BCUT2D eigenvalue weighted by Gasteiger charge is 2.20. The standard InChI is InChI=1S/C34H36ClN11O5/c1-18(35)30(47)39-20-6-7-24-19(10-20)11-28(46(24)5)34(51)42-23-14-27(45(4)17-23)33(50)41-22-13-26(44(3)16-22)32(49)40-21-12-25(43(2)15-21)31(48)38-9-8-29(36)37/h6-7,10-17H,1,8-9H2,2-5H3,(H3,36,37)(H,38,48)(H,39,47)(H,40,49)(H,41,50)(H,42,51). The fraction of sp³-hybridized carbons (Fsp3) is 0.176. The van der Waals surface area contributed by atoms with Crippen molar-refractivity contribution in [2.75, 3.05) is 27.8 Å². The summed E-state index contributed by atoms with van der Waals surface area (Å²) in [7, 11) is 6.72. The highest BCUT2D eigenvalue weighted by Crippen LogP contribution is 2.25. The number of amides is 5. The van der Waals surface area contributed by atoms with Crippen LogP contribution in [0.25, 0.3) is 10.9 Å². The van der Waals surface area contributed by atoms with Crippen LogP contribution >= 0.6 is 11.6 Å². The Hall–Kier alpha value is -6.55.